The number of hydrogen-bond acceptors (Lipinski definition) is 6. The summed E-state index contributed by atoms with van der Waals surface area (Å²) in [5.41, 5.74) is 0. The predicted octanol–water partition coefficient (Wildman–Crippen LogP) is -0.108. The van der Waals surface area contributed by atoms with E-state index in [0.29, 0.717) is 38.8 Å². The van der Waals surface area contributed by atoms with Gasteiger partial charge in [-0.1, -0.05) is 38.5 Å². The fourth-order valence-electron chi connectivity index (χ4n) is 4.74. The molecule has 8 nitrogen and oxygen atoms in total. The first-order chi connectivity index (χ1) is 14.4. The second-order valence-corrected chi connectivity index (χ2v) is 8.63. The van der Waals surface area contributed by atoms with E-state index in [1.54, 1.807) is 0 Å². The number of amides is 2. The van der Waals surface area contributed by atoms with Crippen molar-refractivity contribution in [1.29, 1.82) is 0 Å². The van der Waals surface area contributed by atoms with Crippen LogP contribution in [0.5, 0.6) is 0 Å². The largest absolute Gasteiger partial charge is 0.550 e. The van der Waals surface area contributed by atoms with Crippen molar-refractivity contribution >= 4 is 23.8 Å². The van der Waals surface area contributed by atoms with E-state index in [0.717, 1.165) is 51.4 Å². The van der Waals surface area contributed by atoms with Crippen LogP contribution in [-0.2, 0) is 19.2 Å². The normalized spacial score (nSPS) is 26.5. The van der Waals surface area contributed by atoms with Crippen LogP contribution >= 0.6 is 0 Å². The smallest absolute Gasteiger partial charge is 0.223 e. The van der Waals surface area contributed by atoms with Gasteiger partial charge in [-0.15, -0.1) is 0 Å². The number of carbonyl (C=O) groups is 4. The van der Waals surface area contributed by atoms with E-state index in [1.807, 2.05) is 0 Å². The highest BCUT2D eigenvalue weighted by molar-refractivity contribution is 5.84. The molecule has 0 unspecified atom stereocenters. The van der Waals surface area contributed by atoms with Gasteiger partial charge in [0.2, 0.25) is 11.8 Å². The summed E-state index contributed by atoms with van der Waals surface area (Å²) in [7, 11) is 0. The molecule has 2 aliphatic rings. The maximum Gasteiger partial charge on any atom is 0.223 e. The third kappa shape index (κ3) is 7.29. The molecule has 0 aromatic rings. The van der Waals surface area contributed by atoms with Crippen LogP contribution in [0.2, 0.25) is 0 Å². The third-order valence-electron chi connectivity index (χ3n) is 6.51. The van der Waals surface area contributed by atoms with Gasteiger partial charge >= 0.3 is 0 Å². The SMILES string of the molecule is O=C([O-])[C@H]1CCCC[C@H]1C(=O)NCCCCCCNC(=O)[C@H]1CCCC[C@H]1C(=O)[O-]. The lowest BCUT2D eigenvalue weighted by molar-refractivity contribution is -0.315. The Kier molecular flexibility index (Phi) is 10.1. The Balaban J connectivity index is 1.54. The molecule has 2 N–H and O–H groups in total. The molecule has 30 heavy (non-hydrogen) atoms. The summed E-state index contributed by atoms with van der Waals surface area (Å²) in [5.74, 6) is -4.96. The first-order valence-electron chi connectivity index (χ1n) is 11.4. The van der Waals surface area contributed by atoms with Crippen molar-refractivity contribution in [3.05, 3.63) is 0 Å². The van der Waals surface area contributed by atoms with Crippen LogP contribution in [0.25, 0.3) is 0 Å². The summed E-state index contributed by atoms with van der Waals surface area (Å²) in [5, 5.41) is 28.1. The lowest BCUT2D eigenvalue weighted by Crippen LogP contribution is -2.44. The van der Waals surface area contributed by atoms with Crippen molar-refractivity contribution < 1.29 is 29.4 Å². The van der Waals surface area contributed by atoms with E-state index >= 15 is 0 Å². The summed E-state index contributed by atoms with van der Waals surface area (Å²) in [6.45, 7) is 1.02. The molecule has 0 aliphatic heterocycles. The number of hydrogen-bond donors (Lipinski definition) is 2. The second-order valence-electron chi connectivity index (χ2n) is 8.63. The Bertz CT molecular complexity index is 556. The highest BCUT2D eigenvalue weighted by atomic mass is 16.4. The number of unbranched alkanes of at least 4 members (excludes halogenated alkanes) is 3. The first kappa shape index (κ1) is 24.2. The summed E-state index contributed by atoms with van der Waals surface area (Å²) in [6.07, 6.45) is 8.97. The van der Waals surface area contributed by atoms with Gasteiger partial charge in [-0.2, -0.15) is 0 Å². The zero-order valence-electron chi connectivity index (χ0n) is 17.7. The van der Waals surface area contributed by atoms with Gasteiger partial charge < -0.3 is 30.4 Å². The quantitative estimate of drug-likeness (QED) is 0.446. The van der Waals surface area contributed by atoms with Gasteiger partial charge in [0.05, 0.1) is 0 Å². The van der Waals surface area contributed by atoms with Gasteiger partial charge in [0.15, 0.2) is 0 Å². The predicted molar refractivity (Wildman–Crippen MR) is 105 cm³/mol. The van der Waals surface area contributed by atoms with Crippen LogP contribution in [0, 0.1) is 23.7 Å². The number of carboxylic acid groups (broad SMARTS) is 2. The zero-order chi connectivity index (χ0) is 21.9. The Hall–Kier alpha value is -2.12. The molecule has 0 heterocycles. The van der Waals surface area contributed by atoms with Crippen molar-refractivity contribution in [1.82, 2.24) is 10.6 Å². The van der Waals surface area contributed by atoms with E-state index in [4.69, 9.17) is 0 Å². The lowest BCUT2D eigenvalue weighted by atomic mass is 9.78. The Morgan fingerprint density at radius 2 is 0.900 bits per heavy atom. The Morgan fingerprint density at radius 3 is 1.23 bits per heavy atom. The Morgan fingerprint density at radius 1 is 0.567 bits per heavy atom. The number of nitrogens with one attached hydrogen (secondary N) is 2. The van der Waals surface area contributed by atoms with Gasteiger partial charge in [0, 0.05) is 48.7 Å². The number of carboxylic acids is 2. The molecule has 8 heteroatoms. The van der Waals surface area contributed by atoms with Crippen LogP contribution < -0.4 is 20.8 Å². The topological polar surface area (TPSA) is 138 Å². The van der Waals surface area contributed by atoms with Gasteiger partial charge in [-0.25, -0.2) is 0 Å². The molecule has 4 atom stereocenters. The number of rotatable bonds is 11. The number of aliphatic carboxylic acids is 2. The maximum atomic E-state index is 12.3. The molecule has 0 aromatic carbocycles. The van der Waals surface area contributed by atoms with E-state index in [1.165, 1.54) is 0 Å². The second kappa shape index (κ2) is 12.5. The molecule has 2 saturated carbocycles. The fraction of sp³-hybridized carbons (Fsp3) is 0.818. The molecule has 2 amide bonds. The average molecular weight is 423 g/mol. The van der Waals surface area contributed by atoms with Crippen LogP contribution in [0.3, 0.4) is 0 Å². The fourth-order valence-corrected chi connectivity index (χ4v) is 4.74. The van der Waals surface area contributed by atoms with Crippen molar-refractivity contribution in [2.45, 2.75) is 77.0 Å². The first-order valence-corrected chi connectivity index (χ1v) is 11.4. The molecule has 0 spiro atoms. The molecular weight excluding hydrogens is 388 g/mol. The number of carbonyl (C=O) groups excluding carboxylic acids is 4. The molecule has 0 bridgehead atoms. The maximum absolute atomic E-state index is 12.3. The van der Waals surface area contributed by atoms with Crippen molar-refractivity contribution in [3.63, 3.8) is 0 Å². The van der Waals surface area contributed by atoms with E-state index < -0.39 is 35.6 Å². The van der Waals surface area contributed by atoms with Crippen LogP contribution in [0.15, 0.2) is 0 Å². The van der Waals surface area contributed by atoms with E-state index in [9.17, 15) is 29.4 Å². The standard InChI is InChI=1S/C22H36N2O6/c25-19(15-9-3-5-11-17(15)21(27)28)23-13-7-1-2-8-14-24-20(26)16-10-4-6-12-18(16)22(29)30/h15-18H,1-14H2,(H,23,25)(H,24,26)(H,27,28)(H,29,30)/p-2/t15-,16+,17+,18-. The summed E-state index contributed by atoms with van der Waals surface area (Å²) >= 11 is 0. The molecule has 0 saturated heterocycles. The molecular formula is C22H34N2O6-2. The molecule has 2 rings (SSSR count). The van der Waals surface area contributed by atoms with E-state index in [-0.39, 0.29) is 11.8 Å². The molecule has 170 valence electrons. The minimum Gasteiger partial charge on any atom is -0.550 e. The van der Waals surface area contributed by atoms with Gasteiger partial charge in [-0.05, 0) is 38.5 Å². The summed E-state index contributed by atoms with van der Waals surface area (Å²) in [6, 6.07) is 0. The highest BCUT2D eigenvalue weighted by Gasteiger charge is 2.32. The minimum absolute atomic E-state index is 0.189. The van der Waals surface area contributed by atoms with E-state index in [2.05, 4.69) is 10.6 Å². The molecule has 2 aliphatic carbocycles. The summed E-state index contributed by atoms with van der Waals surface area (Å²) < 4.78 is 0. The average Bonchev–Trinajstić information content (AvgIpc) is 2.75. The lowest BCUT2D eigenvalue weighted by Gasteiger charge is -2.31. The minimum atomic E-state index is -1.13. The van der Waals surface area contributed by atoms with Crippen LogP contribution in [0.4, 0.5) is 0 Å². The molecule has 0 aromatic heterocycles. The van der Waals surface area contributed by atoms with Crippen LogP contribution in [-0.4, -0.2) is 36.8 Å². The molecule has 2 fully saturated rings. The zero-order valence-corrected chi connectivity index (χ0v) is 17.7. The summed E-state index contributed by atoms with van der Waals surface area (Å²) in [4.78, 5) is 46.9. The molecule has 0 radical (unpaired) electrons. The van der Waals surface area contributed by atoms with Crippen LogP contribution in [0.1, 0.15) is 77.0 Å². The highest BCUT2D eigenvalue weighted by Crippen LogP contribution is 2.30. The van der Waals surface area contributed by atoms with Crippen molar-refractivity contribution in [2.24, 2.45) is 23.7 Å². The monoisotopic (exact) mass is 422 g/mol. The van der Waals surface area contributed by atoms with Gasteiger partial charge in [0.25, 0.3) is 0 Å². The Labute approximate surface area is 178 Å². The third-order valence-corrected chi connectivity index (χ3v) is 6.51. The van der Waals surface area contributed by atoms with Crippen molar-refractivity contribution in [3.8, 4) is 0 Å². The van der Waals surface area contributed by atoms with Gasteiger partial charge in [-0.3, -0.25) is 9.59 Å². The van der Waals surface area contributed by atoms with Crippen molar-refractivity contribution in [2.75, 3.05) is 13.1 Å². The van der Waals surface area contributed by atoms with Gasteiger partial charge in [0.1, 0.15) is 0 Å².